The highest BCUT2D eigenvalue weighted by Gasteiger charge is 2.15. The van der Waals surface area contributed by atoms with Gasteiger partial charge in [0, 0.05) is 24.0 Å². The average Bonchev–Trinajstić information content (AvgIpc) is 2.63. The van der Waals surface area contributed by atoms with E-state index in [0.717, 1.165) is 12.2 Å². The molecule has 0 spiro atoms. The van der Waals surface area contributed by atoms with E-state index in [1.807, 2.05) is 24.3 Å². The standard InChI is InChI=1S/C21H27N3O3/c1-6-24(14(3)4)17-10-8-16(9-11-17)23-20(25)19-13-12-18(15(5)22-19)21(26)27-7-2/h8-14H,6-7H2,1-5H3,(H,23,25). The highest BCUT2D eigenvalue weighted by molar-refractivity contribution is 6.03. The van der Waals surface area contributed by atoms with Crippen LogP contribution in [0.15, 0.2) is 36.4 Å². The number of nitrogens with zero attached hydrogens (tertiary/aromatic N) is 2. The third kappa shape index (κ3) is 5.06. The summed E-state index contributed by atoms with van der Waals surface area (Å²) in [4.78, 5) is 30.8. The monoisotopic (exact) mass is 369 g/mol. The van der Waals surface area contributed by atoms with E-state index < -0.39 is 5.97 Å². The molecule has 2 aromatic rings. The second-order valence-electron chi connectivity index (χ2n) is 6.43. The molecule has 0 aliphatic carbocycles. The van der Waals surface area contributed by atoms with Crippen molar-refractivity contribution in [2.75, 3.05) is 23.4 Å². The molecule has 27 heavy (non-hydrogen) atoms. The van der Waals surface area contributed by atoms with Gasteiger partial charge in [-0.3, -0.25) is 4.79 Å². The zero-order valence-corrected chi connectivity index (χ0v) is 16.6. The minimum Gasteiger partial charge on any atom is -0.462 e. The molecule has 0 bridgehead atoms. The lowest BCUT2D eigenvalue weighted by Crippen LogP contribution is -2.30. The number of aryl methyl sites for hydroxylation is 1. The van der Waals surface area contributed by atoms with E-state index in [2.05, 4.69) is 36.0 Å². The zero-order valence-electron chi connectivity index (χ0n) is 16.6. The first-order chi connectivity index (χ1) is 12.9. The normalized spacial score (nSPS) is 10.6. The number of esters is 1. The first-order valence-electron chi connectivity index (χ1n) is 9.20. The fourth-order valence-electron chi connectivity index (χ4n) is 2.89. The number of carbonyl (C=O) groups is 2. The smallest absolute Gasteiger partial charge is 0.339 e. The number of hydrogen-bond acceptors (Lipinski definition) is 5. The van der Waals surface area contributed by atoms with Crippen LogP contribution in [-0.4, -0.2) is 36.1 Å². The maximum absolute atomic E-state index is 12.5. The summed E-state index contributed by atoms with van der Waals surface area (Å²) < 4.78 is 4.98. The van der Waals surface area contributed by atoms with Crippen LogP contribution in [0.4, 0.5) is 11.4 Å². The van der Waals surface area contributed by atoms with Crippen LogP contribution in [0.5, 0.6) is 0 Å². The molecular formula is C21H27N3O3. The Bertz CT molecular complexity index is 801. The molecule has 0 saturated heterocycles. The molecule has 1 amide bonds. The lowest BCUT2D eigenvalue weighted by atomic mass is 10.1. The molecule has 0 aliphatic heterocycles. The van der Waals surface area contributed by atoms with Gasteiger partial charge in [-0.15, -0.1) is 0 Å². The molecule has 1 aromatic heterocycles. The summed E-state index contributed by atoms with van der Waals surface area (Å²) in [6.45, 7) is 11.0. The zero-order chi connectivity index (χ0) is 20.0. The van der Waals surface area contributed by atoms with Gasteiger partial charge in [0.1, 0.15) is 5.69 Å². The number of pyridine rings is 1. The Morgan fingerprint density at radius 2 is 1.78 bits per heavy atom. The van der Waals surface area contributed by atoms with E-state index in [0.29, 0.717) is 29.6 Å². The topological polar surface area (TPSA) is 71.5 Å². The molecule has 0 radical (unpaired) electrons. The van der Waals surface area contributed by atoms with Gasteiger partial charge >= 0.3 is 5.97 Å². The molecule has 0 saturated carbocycles. The molecule has 0 unspecified atom stereocenters. The van der Waals surface area contributed by atoms with Gasteiger partial charge in [0.25, 0.3) is 5.91 Å². The van der Waals surface area contributed by atoms with Gasteiger partial charge in [-0.25, -0.2) is 9.78 Å². The van der Waals surface area contributed by atoms with E-state index in [9.17, 15) is 9.59 Å². The first-order valence-corrected chi connectivity index (χ1v) is 9.20. The largest absolute Gasteiger partial charge is 0.462 e. The molecule has 0 atom stereocenters. The van der Waals surface area contributed by atoms with Crippen molar-refractivity contribution in [1.82, 2.24) is 4.98 Å². The highest BCUT2D eigenvalue weighted by Crippen LogP contribution is 2.20. The van der Waals surface area contributed by atoms with Crippen molar-refractivity contribution in [3.8, 4) is 0 Å². The first kappa shape index (κ1) is 20.4. The lowest BCUT2D eigenvalue weighted by Gasteiger charge is -2.27. The van der Waals surface area contributed by atoms with Crippen LogP contribution >= 0.6 is 0 Å². The van der Waals surface area contributed by atoms with Gasteiger partial charge in [0.05, 0.1) is 17.9 Å². The number of rotatable bonds is 7. The van der Waals surface area contributed by atoms with Crippen molar-refractivity contribution < 1.29 is 14.3 Å². The molecule has 1 aromatic carbocycles. The Hall–Kier alpha value is -2.89. The fourth-order valence-corrected chi connectivity index (χ4v) is 2.89. The molecule has 6 nitrogen and oxygen atoms in total. The Kier molecular flexibility index (Phi) is 6.93. The summed E-state index contributed by atoms with van der Waals surface area (Å²) >= 11 is 0. The summed E-state index contributed by atoms with van der Waals surface area (Å²) in [7, 11) is 0. The van der Waals surface area contributed by atoms with Gasteiger partial charge in [-0.05, 0) is 71.0 Å². The Morgan fingerprint density at radius 3 is 2.30 bits per heavy atom. The molecule has 1 N–H and O–H groups in total. The number of benzene rings is 1. The minimum atomic E-state index is -0.435. The second kappa shape index (κ2) is 9.16. The van der Waals surface area contributed by atoms with Crippen LogP contribution in [0.25, 0.3) is 0 Å². The SMILES string of the molecule is CCOC(=O)c1ccc(C(=O)Nc2ccc(N(CC)C(C)C)cc2)nc1C. The summed E-state index contributed by atoms with van der Waals surface area (Å²) in [5.74, 6) is -0.756. The molecule has 2 rings (SSSR count). The predicted octanol–water partition coefficient (Wildman–Crippen LogP) is 4.05. The van der Waals surface area contributed by atoms with Crippen molar-refractivity contribution in [2.45, 2.75) is 40.7 Å². The molecule has 6 heteroatoms. The number of nitrogens with one attached hydrogen (secondary N) is 1. The van der Waals surface area contributed by atoms with Crippen molar-refractivity contribution >= 4 is 23.3 Å². The molecule has 1 heterocycles. The van der Waals surface area contributed by atoms with E-state index in [-0.39, 0.29) is 11.6 Å². The molecule has 144 valence electrons. The Balaban J connectivity index is 2.11. The average molecular weight is 369 g/mol. The van der Waals surface area contributed by atoms with Gasteiger partial charge in [0.2, 0.25) is 0 Å². The van der Waals surface area contributed by atoms with E-state index >= 15 is 0 Å². The number of ether oxygens (including phenoxy) is 1. The third-order valence-electron chi connectivity index (χ3n) is 4.23. The minimum absolute atomic E-state index is 0.252. The van der Waals surface area contributed by atoms with Gasteiger partial charge in [0.15, 0.2) is 0 Å². The van der Waals surface area contributed by atoms with Gasteiger partial charge < -0.3 is 15.0 Å². The maximum atomic E-state index is 12.5. The predicted molar refractivity (Wildman–Crippen MR) is 107 cm³/mol. The quantitative estimate of drug-likeness (QED) is 0.746. The number of carbonyl (C=O) groups excluding carboxylic acids is 2. The fraction of sp³-hybridized carbons (Fsp3) is 0.381. The van der Waals surface area contributed by atoms with Crippen molar-refractivity contribution in [1.29, 1.82) is 0 Å². The van der Waals surface area contributed by atoms with Crippen molar-refractivity contribution in [3.63, 3.8) is 0 Å². The van der Waals surface area contributed by atoms with Crippen LogP contribution < -0.4 is 10.2 Å². The maximum Gasteiger partial charge on any atom is 0.339 e. The second-order valence-corrected chi connectivity index (χ2v) is 6.43. The van der Waals surface area contributed by atoms with Crippen molar-refractivity contribution in [2.24, 2.45) is 0 Å². The van der Waals surface area contributed by atoms with Gasteiger partial charge in [-0.1, -0.05) is 0 Å². The Labute approximate surface area is 160 Å². The lowest BCUT2D eigenvalue weighted by molar-refractivity contribution is 0.0524. The van der Waals surface area contributed by atoms with E-state index in [1.165, 1.54) is 6.07 Å². The van der Waals surface area contributed by atoms with Crippen molar-refractivity contribution in [3.05, 3.63) is 53.3 Å². The number of aromatic nitrogens is 1. The Morgan fingerprint density at radius 1 is 1.11 bits per heavy atom. The summed E-state index contributed by atoms with van der Waals surface area (Å²) in [6, 6.07) is 11.2. The summed E-state index contributed by atoms with van der Waals surface area (Å²) in [5.41, 5.74) is 2.88. The molecule has 0 aliphatic rings. The van der Waals surface area contributed by atoms with Crippen LogP contribution in [0.3, 0.4) is 0 Å². The summed E-state index contributed by atoms with van der Waals surface area (Å²) in [5, 5.41) is 2.84. The van der Waals surface area contributed by atoms with Crippen LogP contribution in [0.1, 0.15) is 54.2 Å². The number of anilines is 2. The molecule has 0 fully saturated rings. The highest BCUT2D eigenvalue weighted by atomic mass is 16.5. The van der Waals surface area contributed by atoms with Gasteiger partial charge in [-0.2, -0.15) is 0 Å². The van der Waals surface area contributed by atoms with E-state index in [4.69, 9.17) is 4.74 Å². The third-order valence-corrected chi connectivity index (χ3v) is 4.23. The molecular weight excluding hydrogens is 342 g/mol. The van der Waals surface area contributed by atoms with Crippen LogP contribution in [0, 0.1) is 6.92 Å². The van der Waals surface area contributed by atoms with E-state index in [1.54, 1.807) is 19.9 Å². The van der Waals surface area contributed by atoms with Crippen LogP contribution in [0.2, 0.25) is 0 Å². The number of hydrogen-bond donors (Lipinski definition) is 1. The van der Waals surface area contributed by atoms with Crippen LogP contribution in [-0.2, 0) is 4.74 Å². The number of amides is 1. The summed E-state index contributed by atoms with van der Waals surface area (Å²) in [6.07, 6.45) is 0.